The van der Waals surface area contributed by atoms with Gasteiger partial charge in [0, 0.05) is 12.2 Å². The van der Waals surface area contributed by atoms with Gasteiger partial charge in [-0.05, 0) is 53.1 Å². The Hall–Kier alpha value is -3.08. The molecule has 0 atom stereocenters. The average Bonchev–Trinajstić information content (AvgIpc) is 2.97. The van der Waals surface area contributed by atoms with Crippen LogP contribution in [0.3, 0.4) is 0 Å². The summed E-state index contributed by atoms with van der Waals surface area (Å²) in [5, 5.41) is 3.23. The molecule has 1 heterocycles. The fraction of sp³-hybridized carbons (Fsp3) is 0.407. The summed E-state index contributed by atoms with van der Waals surface area (Å²) >= 11 is 0. The normalized spacial score (nSPS) is 14.5. The third-order valence-electron chi connectivity index (χ3n) is 5.36. The van der Waals surface area contributed by atoms with Crippen molar-refractivity contribution in [2.45, 2.75) is 53.4 Å². The Bertz CT molecular complexity index is 997. The minimum atomic E-state index is -0.285. The molecule has 0 radical (unpaired) electrons. The fourth-order valence-corrected chi connectivity index (χ4v) is 3.57. The zero-order chi connectivity index (χ0) is 23.5. The molecule has 32 heavy (non-hydrogen) atoms. The Balaban J connectivity index is 1.94. The number of ether oxygens (including phenoxy) is 1. The Labute approximate surface area is 191 Å². The minimum Gasteiger partial charge on any atom is -0.493 e. The second kappa shape index (κ2) is 9.60. The molecule has 2 aromatic carbocycles. The van der Waals surface area contributed by atoms with Crippen LogP contribution in [-0.4, -0.2) is 29.9 Å². The highest BCUT2D eigenvalue weighted by molar-refractivity contribution is 6.36. The molecule has 0 saturated carbocycles. The van der Waals surface area contributed by atoms with Crippen molar-refractivity contribution >= 4 is 23.1 Å². The fourth-order valence-electron chi connectivity index (χ4n) is 3.57. The molecule has 0 aliphatic carbocycles. The Morgan fingerprint density at radius 3 is 2.09 bits per heavy atom. The van der Waals surface area contributed by atoms with E-state index in [2.05, 4.69) is 52.1 Å². The van der Waals surface area contributed by atoms with Crippen LogP contribution in [0.2, 0.25) is 0 Å². The van der Waals surface area contributed by atoms with E-state index < -0.39 is 0 Å². The van der Waals surface area contributed by atoms with Crippen molar-refractivity contribution in [3.8, 4) is 5.75 Å². The van der Waals surface area contributed by atoms with Gasteiger partial charge in [0.25, 0.3) is 11.8 Å². The summed E-state index contributed by atoms with van der Waals surface area (Å²) in [5.41, 5.74) is 3.45. The molecular formula is C27H34N2O3. The van der Waals surface area contributed by atoms with Crippen LogP contribution < -0.4 is 10.1 Å². The van der Waals surface area contributed by atoms with Crippen molar-refractivity contribution in [2.24, 2.45) is 5.92 Å². The first-order chi connectivity index (χ1) is 15.1. The topological polar surface area (TPSA) is 58.6 Å². The van der Waals surface area contributed by atoms with Crippen molar-refractivity contribution < 1.29 is 14.3 Å². The van der Waals surface area contributed by atoms with Crippen molar-refractivity contribution in [1.29, 1.82) is 0 Å². The summed E-state index contributed by atoms with van der Waals surface area (Å²) in [4.78, 5) is 27.6. The number of benzene rings is 2. The quantitative estimate of drug-likeness (QED) is 0.548. The maximum Gasteiger partial charge on any atom is 0.278 e. The van der Waals surface area contributed by atoms with Gasteiger partial charge in [-0.15, -0.1) is 0 Å². The van der Waals surface area contributed by atoms with E-state index >= 15 is 0 Å². The van der Waals surface area contributed by atoms with E-state index in [4.69, 9.17) is 4.74 Å². The van der Waals surface area contributed by atoms with Crippen LogP contribution in [0.1, 0.15) is 59.1 Å². The van der Waals surface area contributed by atoms with Gasteiger partial charge in [0.1, 0.15) is 11.4 Å². The van der Waals surface area contributed by atoms with E-state index in [0.29, 0.717) is 42.3 Å². The first-order valence-electron chi connectivity index (χ1n) is 11.3. The minimum absolute atomic E-state index is 0.0411. The van der Waals surface area contributed by atoms with Gasteiger partial charge in [-0.3, -0.25) is 14.5 Å². The van der Waals surface area contributed by atoms with Gasteiger partial charge in [-0.2, -0.15) is 0 Å². The molecule has 5 heteroatoms. The number of nitrogens with one attached hydrogen (secondary N) is 1. The molecule has 3 rings (SSSR count). The zero-order valence-corrected chi connectivity index (χ0v) is 20.0. The lowest BCUT2D eigenvalue weighted by Crippen LogP contribution is -2.33. The van der Waals surface area contributed by atoms with Crippen LogP contribution in [-0.2, 0) is 15.0 Å². The van der Waals surface area contributed by atoms with Crippen molar-refractivity contribution in [2.75, 3.05) is 18.5 Å². The number of rotatable bonds is 8. The van der Waals surface area contributed by atoms with E-state index in [1.54, 1.807) is 0 Å². The monoisotopic (exact) mass is 434 g/mol. The smallest absolute Gasteiger partial charge is 0.278 e. The highest BCUT2D eigenvalue weighted by Gasteiger charge is 2.38. The van der Waals surface area contributed by atoms with Gasteiger partial charge in [-0.25, -0.2) is 0 Å². The molecule has 1 N–H and O–H groups in total. The molecule has 0 saturated heterocycles. The molecule has 170 valence electrons. The van der Waals surface area contributed by atoms with Crippen LogP contribution >= 0.6 is 0 Å². The largest absolute Gasteiger partial charge is 0.493 e. The second-order valence-corrected chi connectivity index (χ2v) is 9.69. The third kappa shape index (κ3) is 5.21. The Kier molecular flexibility index (Phi) is 7.07. The molecule has 2 aromatic rings. The number of carbonyl (C=O) groups is 2. The summed E-state index contributed by atoms with van der Waals surface area (Å²) in [6.45, 7) is 13.6. The van der Waals surface area contributed by atoms with Crippen LogP contribution in [0.25, 0.3) is 5.57 Å². The average molecular weight is 435 g/mol. The van der Waals surface area contributed by atoms with Crippen molar-refractivity contribution in [3.63, 3.8) is 0 Å². The van der Waals surface area contributed by atoms with Gasteiger partial charge in [0.2, 0.25) is 0 Å². The van der Waals surface area contributed by atoms with Gasteiger partial charge in [0.15, 0.2) is 0 Å². The Morgan fingerprint density at radius 2 is 1.56 bits per heavy atom. The molecule has 0 fully saturated rings. The highest BCUT2D eigenvalue weighted by atomic mass is 16.5. The van der Waals surface area contributed by atoms with Gasteiger partial charge in [-0.1, -0.05) is 65.8 Å². The zero-order valence-electron chi connectivity index (χ0n) is 20.0. The number of carbonyl (C=O) groups excluding carboxylic acids is 2. The lowest BCUT2D eigenvalue weighted by Gasteiger charge is -2.19. The summed E-state index contributed by atoms with van der Waals surface area (Å²) in [6, 6.07) is 15.4. The predicted molar refractivity (Wildman–Crippen MR) is 129 cm³/mol. The molecule has 1 aliphatic rings. The highest BCUT2D eigenvalue weighted by Crippen LogP contribution is 2.32. The predicted octanol–water partition coefficient (Wildman–Crippen LogP) is 5.62. The van der Waals surface area contributed by atoms with Crippen LogP contribution in [0.4, 0.5) is 5.69 Å². The van der Waals surface area contributed by atoms with Crippen LogP contribution in [0.15, 0.2) is 54.2 Å². The maximum atomic E-state index is 13.2. The first kappa shape index (κ1) is 23.6. The van der Waals surface area contributed by atoms with Crippen LogP contribution in [0, 0.1) is 5.92 Å². The Morgan fingerprint density at radius 1 is 0.938 bits per heavy atom. The standard InChI is InChI=1S/C27H34N2O3/c1-7-16-29-25(30)23(19-8-14-22(15-9-19)32-17-18(2)3)24(26(29)31)28-21-12-10-20(11-13-21)27(4,5)6/h8-15,18,28H,7,16-17H2,1-6H3. The van der Waals surface area contributed by atoms with Gasteiger partial charge in [0.05, 0.1) is 12.2 Å². The van der Waals surface area contributed by atoms with E-state index in [-0.39, 0.29) is 17.2 Å². The molecule has 0 aromatic heterocycles. The first-order valence-corrected chi connectivity index (χ1v) is 11.3. The maximum absolute atomic E-state index is 13.2. The second-order valence-electron chi connectivity index (χ2n) is 9.69. The van der Waals surface area contributed by atoms with E-state index in [1.807, 2.05) is 43.3 Å². The van der Waals surface area contributed by atoms with Crippen molar-refractivity contribution in [3.05, 3.63) is 65.4 Å². The molecule has 0 spiro atoms. The molecule has 5 nitrogen and oxygen atoms in total. The molecule has 0 unspecified atom stereocenters. The number of hydrogen-bond acceptors (Lipinski definition) is 4. The summed E-state index contributed by atoms with van der Waals surface area (Å²) in [6.07, 6.45) is 0.709. The van der Waals surface area contributed by atoms with Gasteiger partial charge < -0.3 is 10.1 Å². The SMILES string of the molecule is CCCN1C(=O)C(Nc2ccc(C(C)(C)C)cc2)=C(c2ccc(OCC(C)C)cc2)C1=O. The summed E-state index contributed by atoms with van der Waals surface area (Å²) < 4.78 is 5.76. The molecule has 1 aliphatic heterocycles. The molecular weight excluding hydrogens is 400 g/mol. The van der Waals surface area contributed by atoms with Crippen molar-refractivity contribution in [1.82, 2.24) is 4.90 Å². The summed E-state index contributed by atoms with van der Waals surface area (Å²) in [5.74, 6) is 0.625. The number of amides is 2. The van der Waals surface area contributed by atoms with E-state index in [1.165, 1.54) is 10.5 Å². The summed E-state index contributed by atoms with van der Waals surface area (Å²) in [7, 11) is 0. The number of anilines is 1. The molecule has 0 bridgehead atoms. The third-order valence-corrected chi connectivity index (χ3v) is 5.36. The lowest BCUT2D eigenvalue weighted by molar-refractivity contribution is -0.136. The van der Waals surface area contributed by atoms with E-state index in [9.17, 15) is 9.59 Å². The van der Waals surface area contributed by atoms with Gasteiger partial charge >= 0.3 is 0 Å². The van der Waals surface area contributed by atoms with E-state index in [0.717, 1.165) is 11.4 Å². The number of nitrogens with zero attached hydrogens (tertiary/aromatic N) is 1. The number of imide groups is 1. The molecule has 2 amide bonds. The number of hydrogen-bond donors (Lipinski definition) is 1. The van der Waals surface area contributed by atoms with Crippen LogP contribution in [0.5, 0.6) is 5.75 Å². The lowest BCUT2D eigenvalue weighted by atomic mass is 9.87.